The molecule has 0 saturated heterocycles. The molecule has 2 aromatic rings. The first-order chi connectivity index (χ1) is 6.75. The van der Waals surface area contributed by atoms with Crippen LogP contribution < -0.4 is 0 Å². The van der Waals surface area contributed by atoms with Gasteiger partial charge in [-0.2, -0.15) is 4.39 Å². The minimum atomic E-state index is -0.462. The second-order valence-electron chi connectivity index (χ2n) is 2.74. The first kappa shape index (κ1) is 9.27. The summed E-state index contributed by atoms with van der Waals surface area (Å²) < 4.78 is 17.9. The molecule has 4 heteroatoms. The Morgan fingerprint density at radius 3 is 2.86 bits per heavy atom. The SMILES string of the molecule is Cc1occc1Sc1cccc(F)n1. The second kappa shape index (κ2) is 3.84. The number of aromatic nitrogens is 1. The van der Waals surface area contributed by atoms with E-state index in [4.69, 9.17) is 4.42 Å². The minimum absolute atomic E-state index is 0.462. The Morgan fingerprint density at radius 1 is 1.36 bits per heavy atom. The van der Waals surface area contributed by atoms with Gasteiger partial charge in [0.2, 0.25) is 5.95 Å². The summed E-state index contributed by atoms with van der Waals surface area (Å²) in [6, 6.07) is 6.57. The van der Waals surface area contributed by atoms with Crippen LogP contribution in [0, 0.1) is 12.9 Å². The normalized spacial score (nSPS) is 10.4. The first-order valence-electron chi connectivity index (χ1n) is 4.10. The summed E-state index contributed by atoms with van der Waals surface area (Å²) in [5, 5.41) is 0.634. The lowest BCUT2D eigenvalue weighted by atomic mass is 10.5. The largest absolute Gasteiger partial charge is 0.468 e. The van der Waals surface area contributed by atoms with Gasteiger partial charge in [-0.3, -0.25) is 0 Å². The Bertz CT molecular complexity index is 441. The Kier molecular flexibility index (Phi) is 2.54. The van der Waals surface area contributed by atoms with Crippen LogP contribution in [0.15, 0.2) is 44.9 Å². The van der Waals surface area contributed by atoms with Gasteiger partial charge in [-0.05, 0) is 25.1 Å². The van der Waals surface area contributed by atoms with Gasteiger partial charge in [0, 0.05) is 0 Å². The van der Waals surface area contributed by atoms with Gasteiger partial charge in [0.1, 0.15) is 10.8 Å². The van der Waals surface area contributed by atoms with Crippen molar-refractivity contribution in [3.8, 4) is 0 Å². The van der Waals surface area contributed by atoms with Crippen molar-refractivity contribution in [3.05, 3.63) is 42.2 Å². The third kappa shape index (κ3) is 1.96. The lowest BCUT2D eigenvalue weighted by Crippen LogP contribution is -1.83. The fourth-order valence-corrected chi connectivity index (χ4v) is 1.86. The number of rotatable bonds is 2. The molecule has 0 unspecified atom stereocenters. The van der Waals surface area contributed by atoms with Crippen LogP contribution in [0.2, 0.25) is 0 Å². The van der Waals surface area contributed by atoms with Gasteiger partial charge in [-0.25, -0.2) is 4.98 Å². The zero-order valence-corrected chi connectivity index (χ0v) is 8.34. The molecule has 0 aliphatic rings. The van der Waals surface area contributed by atoms with E-state index in [1.165, 1.54) is 17.8 Å². The molecule has 0 radical (unpaired) electrons. The molecule has 2 heterocycles. The molecule has 2 rings (SSSR count). The third-order valence-corrected chi connectivity index (χ3v) is 2.80. The predicted molar refractivity (Wildman–Crippen MR) is 51.8 cm³/mol. The molecular formula is C10H8FNOS. The number of hydrogen-bond acceptors (Lipinski definition) is 3. The van der Waals surface area contributed by atoms with Gasteiger partial charge in [0.25, 0.3) is 0 Å². The van der Waals surface area contributed by atoms with Crippen LogP contribution in [0.3, 0.4) is 0 Å². The van der Waals surface area contributed by atoms with Gasteiger partial charge in [0.15, 0.2) is 0 Å². The van der Waals surface area contributed by atoms with E-state index < -0.39 is 5.95 Å². The van der Waals surface area contributed by atoms with Crippen LogP contribution >= 0.6 is 11.8 Å². The molecule has 0 aliphatic carbocycles. The summed E-state index contributed by atoms with van der Waals surface area (Å²) in [6.45, 7) is 1.86. The van der Waals surface area contributed by atoms with Crippen LogP contribution in [0.4, 0.5) is 4.39 Å². The number of pyridine rings is 1. The van der Waals surface area contributed by atoms with Crippen LogP contribution in [-0.2, 0) is 0 Å². The molecule has 2 nitrogen and oxygen atoms in total. The molecule has 0 bridgehead atoms. The maximum absolute atomic E-state index is 12.7. The van der Waals surface area contributed by atoms with Crippen molar-refractivity contribution in [1.29, 1.82) is 0 Å². The summed E-state index contributed by atoms with van der Waals surface area (Å²) in [7, 11) is 0. The number of halogens is 1. The quantitative estimate of drug-likeness (QED) is 0.710. The van der Waals surface area contributed by atoms with Gasteiger partial charge in [-0.15, -0.1) is 0 Å². The van der Waals surface area contributed by atoms with Crippen molar-refractivity contribution in [1.82, 2.24) is 4.98 Å². The zero-order chi connectivity index (χ0) is 9.97. The molecule has 0 amide bonds. The van der Waals surface area contributed by atoms with Crippen molar-refractivity contribution in [2.45, 2.75) is 16.8 Å². The molecule has 0 aliphatic heterocycles. The van der Waals surface area contributed by atoms with Crippen LogP contribution in [0.1, 0.15) is 5.76 Å². The summed E-state index contributed by atoms with van der Waals surface area (Å²) in [5.74, 6) is 0.359. The van der Waals surface area contributed by atoms with E-state index >= 15 is 0 Å². The van der Waals surface area contributed by atoms with E-state index in [2.05, 4.69) is 4.98 Å². The molecular weight excluding hydrogens is 201 g/mol. The summed E-state index contributed by atoms with van der Waals surface area (Å²) >= 11 is 1.39. The highest BCUT2D eigenvalue weighted by Crippen LogP contribution is 2.29. The number of aryl methyl sites for hydroxylation is 1. The molecule has 0 atom stereocenters. The van der Waals surface area contributed by atoms with Crippen molar-refractivity contribution >= 4 is 11.8 Å². The zero-order valence-electron chi connectivity index (χ0n) is 7.53. The summed E-state index contributed by atoms with van der Waals surface area (Å²) in [4.78, 5) is 4.70. The van der Waals surface area contributed by atoms with Crippen LogP contribution in [-0.4, -0.2) is 4.98 Å². The molecule has 2 aromatic heterocycles. The minimum Gasteiger partial charge on any atom is -0.468 e. The fourth-order valence-electron chi connectivity index (χ4n) is 1.04. The molecule has 72 valence electrons. The maximum atomic E-state index is 12.7. The van der Waals surface area contributed by atoms with Crippen molar-refractivity contribution in [2.75, 3.05) is 0 Å². The van der Waals surface area contributed by atoms with Crippen LogP contribution in [0.25, 0.3) is 0 Å². The van der Waals surface area contributed by atoms with E-state index in [1.54, 1.807) is 18.4 Å². The van der Waals surface area contributed by atoms with Crippen LogP contribution in [0.5, 0.6) is 0 Å². The Labute approximate surface area is 85.2 Å². The Morgan fingerprint density at radius 2 is 2.21 bits per heavy atom. The lowest BCUT2D eigenvalue weighted by Gasteiger charge is -1.97. The Balaban J connectivity index is 2.23. The highest BCUT2D eigenvalue weighted by molar-refractivity contribution is 7.99. The van der Waals surface area contributed by atoms with E-state index in [1.807, 2.05) is 13.0 Å². The van der Waals surface area contributed by atoms with Gasteiger partial charge >= 0.3 is 0 Å². The van der Waals surface area contributed by atoms with Gasteiger partial charge in [0.05, 0.1) is 11.2 Å². The highest BCUT2D eigenvalue weighted by atomic mass is 32.2. The maximum Gasteiger partial charge on any atom is 0.213 e. The Hall–Kier alpha value is -1.29. The topological polar surface area (TPSA) is 26.0 Å². The first-order valence-corrected chi connectivity index (χ1v) is 4.92. The molecule has 14 heavy (non-hydrogen) atoms. The number of furan rings is 1. The van der Waals surface area contributed by atoms with Crippen molar-refractivity contribution < 1.29 is 8.81 Å². The standard InChI is InChI=1S/C10H8FNOS/c1-7-8(5-6-13-7)14-10-4-2-3-9(11)12-10/h2-6H,1H3. The van der Waals surface area contributed by atoms with Crippen molar-refractivity contribution in [2.24, 2.45) is 0 Å². The lowest BCUT2D eigenvalue weighted by molar-refractivity contribution is 0.526. The molecule has 0 N–H and O–H groups in total. The monoisotopic (exact) mass is 209 g/mol. The van der Waals surface area contributed by atoms with E-state index in [9.17, 15) is 4.39 Å². The van der Waals surface area contributed by atoms with Gasteiger partial charge in [-0.1, -0.05) is 17.8 Å². The highest BCUT2D eigenvalue weighted by Gasteiger charge is 2.04. The summed E-state index contributed by atoms with van der Waals surface area (Å²) in [5.41, 5.74) is 0. The second-order valence-corrected chi connectivity index (χ2v) is 3.80. The fraction of sp³-hybridized carbons (Fsp3) is 0.100. The van der Waals surface area contributed by atoms with E-state index in [0.29, 0.717) is 5.03 Å². The van der Waals surface area contributed by atoms with Crippen molar-refractivity contribution in [3.63, 3.8) is 0 Å². The number of nitrogens with zero attached hydrogens (tertiary/aromatic N) is 1. The number of hydrogen-bond donors (Lipinski definition) is 0. The van der Waals surface area contributed by atoms with E-state index in [-0.39, 0.29) is 0 Å². The smallest absolute Gasteiger partial charge is 0.213 e. The molecule has 0 saturated carbocycles. The molecule has 0 spiro atoms. The average molecular weight is 209 g/mol. The predicted octanol–water partition coefficient (Wildman–Crippen LogP) is 3.27. The molecule has 0 fully saturated rings. The molecule has 0 aromatic carbocycles. The average Bonchev–Trinajstić information content (AvgIpc) is 2.52. The third-order valence-electron chi connectivity index (χ3n) is 1.72. The summed E-state index contributed by atoms with van der Waals surface area (Å²) in [6.07, 6.45) is 1.61. The van der Waals surface area contributed by atoms with E-state index in [0.717, 1.165) is 10.7 Å². The van der Waals surface area contributed by atoms with Gasteiger partial charge < -0.3 is 4.42 Å².